The lowest BCUT2D eigenvalue weighted by Gasteiger charge is -2.34. The molecular formula is C18H24N2O3. The number of carbonyl (C=O) groups excluding carboxylic acids is 2. The Hall–Kier alpha value is -2.04. The maximum absolute atomic E-state index is 12.3. The van der Waals surface area contributed by atoms with Gasteiger partial charge in [-0.25, -0.2) is 0 Å². The average molecular weight is 316 g/mol. The van der Waals surface area contributed by atoms with Gasteiger partial charge in [-0.3, -0.25) is 9.59 Å². The van der Waals surface area contributed by atoms with Crippen molar-refractivity contribution in [3.05, 3.63) is 29.3 Å². The Morgan fingerprint density at radius 1 is 1.09 bits per heavy atom. The number of ether oxygens (including phenoxy) is 1. The highest BCUT2D eigenvalue weighted by atomic mass is 16.5. The molecule has 5 heteroatoms. The molecule has 2 aliphatic rings. The quantitative estimate of drug-likeness (QED) is 0.850. The molecule has 0 spiro atoms. The molecule has 0 unspecified atom stereocenters. The number of aryl methyl sites for hydroxylation is 1. The minimum absolute atomic E-state index is 0.00979. The van der Waals surface area contributed by atoms with Crippen LogP contribution in [0.4, 0.5) is 0 Å². The monoisotopic (exact) mass is 316 g/mol. The van der Waals surface area contributed by atoms with Crippen molar-refractivity contribution in [3.63, 3.8) is 0 Å². The highest BCUT2D eigenvalue weighted by molar-refractivity contribution is 5.82. The van der Waals surface area contributed by atoms with Crippen LogP contribution in [0.25, 0.3) is 0 Å². The van der Waals surface area contributed by atoms with Gasteiger partial charge in [-0.2, -0.15) is 0 Å². The largest absolute Gasteiger partial charge is 0.483 e. The Labute approximate surface area is 137 Å². The molecule has 1 aliphatic heterocycles. The van der Waals surface area contributed by atoms with E-state index in [-0.39, 0.29) is 24.3 Å². The molecule has 5 nitrogen and oxygen atoms in total. The van der Waals surface area contributed by atoms with Gasteiger partial charge in [0.15, 0.2) is 6.61 Å². The molecule has 2 amide bonds. The van der Waals surface area contributed by atoms with Gasteiger partial charge >= 0.3 is 0 Å². The molecule has 0 atom stereocenters. The van der Waals surface area contributed by atoms with Crippen LogP contribution in [-0.4, -0.2) is 54.4 Å². The minimum Gasteiger partial charge on any atom is -0.483 e. The van der Waals surface area contributed by atoms with E-state index in [4.69, 9.17) is 4.74 Å². The lowest BCUT2D eigenvalue weighted by Crippen LogP contribution is -2.52. The summed E-state index contributed by atoms with van der Waals surface area (Å²) in [6.45, 7) is 6.58. The number of hydrogen-bond donors (Lipinski definition) is 0. The summed E-state index contributed by atoms with van der Waals surface area (Å²) in [7, 11) is 0. The molecule has 1 aromatic rings. The number of hydrogen-bond acceptors (Lipinski definition) is 3. The van der Waals surface area contributed by atoms with Gasteiger partial charge in [-0.1, -0.05) is 12.1 Å². The lowest BCUT2D eigenvalue weighted by molar-refractivity contribution is -0.141. The van der Waals surface area contributed by atoms with Gasteiger partial charge in [0.05, 0.1) is 0 Å². The van der Waals surface area contributed by atoms with E-state index in [1.807, 2.05) is 36.9 Å². The fraction of sp³-hybridized carbons (Fsp3) is 0.556. The number of nitrogens with zero attached hydrogens (tertiary/aromatic N) is 2. The van der Waals surface area contributed by atoms with E-state index in [1.165, 1.54) is 0 Å². The van der Waals surface area contributed by atoms with Gasteiger partial charge in [0.25, 0.3) is 5.91 Å². The van der Waals surface area contributed by atoms with Crippen LogP contribution in [0.3, 0.4) is 0 Å². The normalized spacial score (nSPS) is 18.0. The van der Waals surface area contributed by atoms with Crippen LogP contribution in [-0.2, 0) is 9.59 Å². The predicted octanol–water partition coefficient (Wildman–Crippen LogP) is 1.76. The predicted molar refractivity (Wildman–Crippen MR) is 87.3 cm³/mol. The molecule has 1 aromatic carbocycles. The first-order chi connectivity index (χ1) is 11.1. The lowest BCUT2D eigenvalue weighted by atomic mass is 10.1. The SMILES string of the molecule is Cc1cccc(OCC(=O)N2CCN(C(=O)C3CC3)CC2)c1C. The summed E-state index contributed by atoms with van der Waals surface area (Å²) in [6, 6.07) is 5.85. The summed E-state index contributed by atoms with van der Waals surface area (Å²) in [4.78, 5) is 28.0. The van der Waals surface area contributed by atoms with E-state index in [2.05, 4.69) is 0 Å². The first kappa shape index (κ1) is 15.8. The first-order valence-electron chi connectivity index (χ1n) is 8.32. The van der Waals surface area contributed by atoms with Crippen molar-refractivity contribution in [3.8, 4) is 5.75 Å². The second kappa shape index (κ2) is 6.60. The average Bonchev–Trinajstić information content (AvgIpc) is 3.40. The van der Waals surface area contributed by atoms with Crippen molar-refractivity contribution in [2.45, 2.75) is 26.7 Å². The Morgan fingerprint density at radius 3 is 2.39 bits per heavy atom. The van der Waals surface area contributed by atoms with Crippen LogP contribution >= 0.6 is 0 Å². The number of carbonyl (C=O) groups is 2. The van der Waals surface area contributed by atoms with E-state index in [9.17, 15) is 9.59 Å². The second-order valence-corrected chi connectivity index (χ2v) is 6.47. The zero-order valence-corrected chi connectivity index (χ0v) is 13.9. The van der Waals surface area contributed by atoms with Crippen LogP contribution in [0.5, 0.6) is 5.75 Å². The molecule has 3 rings (SSSR count). The van der Waals surface area contributed by atoms with Gasteiger partial charge in [0, 0.05) is 32.1 Å². The Kier molecular flexibility index (Phi) is 4.55. The van der Waals surface area contributed by atoms with Crippen molar-refractivity contribution in [2.24, 2.45) is 5.92 Å². The van der Waals surface area contributed by atoms with Crippen LogP contribution in [0.2, 0.25) is 0 Å². The van der Waals surface area contributed by atoms with Crippen molar-refractivity contribution in [2.75, 3.05) is 32.8 Å². The van der Waals surface area contributed by atoms with E-state index in [0.717, 1.165) is 29.7 Å². The van der Waals surface area contributed by atoms with Crippen molar-refractivity contribution in [1.29, 1.82) is 0 Å². The molecule has 2 fully saturated rings. The molecular weight excluding hydrogens is 292 g/mol. The highest BCUT2D eigenvalue weighted by Crippen LogP contribution is 2.31. The molecule has 23 heavy (non-hydrogen) atoms. The fourth-order valence-corrected chi connectivity index (χ4v) is 2.88. The maximum atomic E-state index is 12.3. The molecule has 124 valence electrons. The van der Waals surface area contributed by atoms with Gasteiger partial charge in [-0.15, -0.1) is 0 Å². The van der Waals surface area contributed by atoms with Crippen LogP contribution in [0.15, 0.2) is 18.2 Å². The van der Waals surface area contributed by atoms with Crippen LogP contribution < -0.4 is 4.74 Å². The van der Waals surface area contributed by atoms with Gasteiger partial charge in [0.1, 0.15) is 5.75 Å². The molecule has 1 aliphatic carbocycles. The zero-order chi connectivity index (χ0) is 16.4. The fourth-order valence-electron chi connectivity index (χ4n) is 2.88. The third-order valence-corrected chi connectivity index (χ3v) is 4.78. The molecule has 1 saturated carbocycles. The van der Waals surface area contributed by atoms with Gasteiger partial charge < -0.3 is 14.5 Å². The summed E-state index contributed by atoms with van der Waals surface area (Å²) in [6.07, 6.45) is 2.06. The molecule has 0 radical (unpaired) electrons. The number of rotatable bonds is 4. The molecule has 1 saturated heterocycles. The van der Waals surface area contributed by atoms with Crippen molar-refractivity contribution >= 4 is 11.8 Å². The zero-order valence-electron chi connectivity index (χ0n) is 13.9. The van der Waals surface area contributed by atoms with Gasteiger partial charge in [0.2, 0.25) is 5.91 Å². The Bertz CT molecular complexity index is 602. The highest BCUT2D eigenvalue weighted by Gasteiger charge is 2.35. The van der Waals surface area contributed by atoms with Gasteiger partial charge in [-0.05, 0) is 43.9 Å². The number of benzene rings is 1. The van der Waals surface area contributed by atoms with E-state index in [0.29, 0.717) is 26.2 Å². The second-order valence-electron chi connectivity index (χ2n) is 6.47. The Morgan fingerprint density at radius 2 is 1.74 bits per heavy atom. The van der Waals surface area contributed by atoms with Crippen molar-refractivity contribution < 1.29 is 14.3 Å². The Balaban J connectivity index is 1.48. The van der Waals surface area contributed by atoms with E-state index < -0.39 is 0 Å². The summed E-state index contributed by atoms with van der Waals surface area (Å²) < 4.78 is 5.68. The first-order valence-corrected chi connectivity index (χ1v) is 8.32. The molecule has 1 heterocycles. The van der Waals surface area contributed by atoms with Crippen LogP contribution in [0.1, 0.15) is 24.0 Å². The van der Waals surface area contributed by atoms with E-state index in [1.54, 1.807) is 4.90 Å². The minimum atomic E-state index is -0.00979. The number of amides is 2. The molecule has 0 N–H and O–H groups in total. The smallest absolute Gasteiger partial charge is 0.260 e. The third-order valence-electron chi connectivity index (χ3n) is 4.78. The van der Waals surface area contributed by atoms with Crippen molar-refractivity contribution in [1.82, 2.24) is 9.80 Å². The van der Waals surface area contributed by atoms with Crippen LogP contribution in [0, 0.1) is 19.8 Å². The molecule has 0 aromatic heterocycles. The topological polar surface area (TPSA) is 49.9 Å². The summed E-state index contributed by atoms with van der Waals surface area (Å²) in [5.41, 5.74) is 2.22. The number of piperazine rings is 1. The standard InChI is InChI=1S/C18H24N2O3/c1-13-4-3-5-16(14(13)2)23-12-17(21)19-8-10-20(11-9-19)18(22)15-6-7-15/h3-5,15H,6-12H2,1-2H3. The maximum Gasteiger partial charge on any atom is 0.260 e. The third kappa shape index (κ3) is 3.66. The molecule has 0 bridgehead atoms. The summed E-state index contributed by atoms with van der Waals surface area (Å²) in [5, 5.41) is 0. The summed E-state index contributed by atoms with van der Waals surface area (Å²) >= 11 is 0. The summed E-state index contributed by atoms with van der Waals surface area (Å²) in [5.74, 6) is 1.28. The van der Waals surface area contributed by atoms with E-state index >= 15 is 0 Å².